The zero-order valence-electron chi connectivity index (χ0n) is 11.2. The molecule has 2 heterocycles. The molecule has 0 unspecified atom stereocenters. The van der Waals surface area contributed by atoms with Crippen molar-refractivity contribution in [3.8, 4) is 0 Å². The van der Waals surface area contributed by atoms with Gasteiger partial charge in [-0.15, -0.1) is 0 Å². The summed E-state index contributed by atoms with van der Waals surface area (Å²) in [5.41, 5.74) is 0.863. The predicted molar refractivity (Wildman–Crippen MR) is 69.2 cm³/mol. The fourth-order valence-electron chi connectivity index (χ4n) is 2.70. The van der Waals surface area contributed by atoms with Crippen molar-refractivity contribution in [3.63, 3.8) is 0 Å². The number of benzene rings is 1. The van der Waals surface area contributed by atoms with Crippen LogP contribution in [0.2, 0.25) is 0 Å². The summed E-state index contributed by atoms with van der Waals surface area (Å²) in [6.07, 6.45) is 0.163. The lowest BCUT2D eigenvalue weighted by atomic mass is 10.0. The zero-order valence-corrected chi connectivity index (χ0v) is 11.2. The first-order valence-electron chi connectivity index (χ1n) is 6.58. The normalized spacial score (nSPS) is 23.4. The summed E-state index contributed by atoms with van der Waals surface area (Å²) >= 11 is 0. The Morgan fingerprint density at radius 2 is 2.35 bits per heavy atom. The Balaban J connectivity index is 1.81. The number of aryl methyl sites for hydroxylation is 1. The average molecular weight is 277 g/mol. The van der Waals surface area contributed by atoms with Crippen molar-refractivity contribution >= 4 is 0 Å². The van der Waals surface area contributed by atoms with Gasteiger partial charge in [0.25, 0.3) is 0 Å². The molecule has 0 amide bonds. The lowest BCUT2D eigenvalue weighted by Crippen LogP contribution is -2.25. The minimum Gasteiger partial charge on any atom is -0.392 e. The van der Waals surface area contributed by atoms with Crippen molar-refractivity contribution in [2.24, 2.45) is 0 Å². The van der Waals surface area contributed by atoms with Gasteiger partial charge in [0, 0.05) is 19.5 Å². The molecule has 1 aromatic carbocycles. The highest BCUT2D eigenvalue weighted by molar-refractivity contribution is 5.21. The summed E-state index contributed by atoms with van der Waals surface area (Å²) in [4.78, 5) is 6.22. The molecule has 2 atom stereocenters. The van der Waals surface area contributed by atoms with Gasteiger partial charge >= 0.3 is 0 Å². The number of halogens is 1. The first-order valence-corrected chi connectivity index (χ1v) is 6.58. The number of nitrogens with zero attached hydrogens (tertiary/aromatic N) is 3. The van der Waals surface area contributed by atoms with Gasteiger partial charge in [0.15, 0.2) is 5.82 Å². The molecule has 1 N–H and O–H groups in total. The summed E-state index contributed by atoms with van der Waals surface area (Å²) in [5.74, 6) is 0.833. The third-order valence-electron chi connectivity index (χ3n) is 3.53. The molecule has 0 radical (unpaired) electrons. The highest BCUT2D eigenvalue weighted by atomic mass is 19.1. The first-order chi connectivity index (χ1) is 9.61. The first kappa shape index (κ1) is 13.2. The number of rotatable bonds is 3. The standard InChI is InChI=1S/C14H16FN3O2/c1-9-16-14(17-20-9)8-18-7-12(19)6-13(18)10-3-2-4-11(15)5-10/h2-5,12-13,19H,6-8H2,1H3/t12-,13-/m1/s1. The fourth-order valence-corrected chi connectivity index (χ4v) is 2.70. The SMILES string of the molecule is Cc1nc(CN2C[C@H](O)C[C@@H]2c2cccc(F)c2)no1. The van der Waals surface area contributed by atoms with E-state index in [9.17, 15) is 9.50 Å². The van der Waals surface area contributed by atoms with Gasteiger partial charge in [0.2, 0.25) is 5.89 Å². The van der Waals surface area contributed by atoms with E-state index in [0.29, 0.717) is 31.2 Å². The van der Waals surface area contributed by atoms with Gasteiger partial charge in [0.05, 0.1) is 12.6 Å². The van der Waals surface area contributed by atoms with E-state index in [1.54, 1.807) is 13.0 Å². The van der Waals surface area contributed by atoms with Crippen LogP contribution < -0.4 is 0 Å². The summed E-state index contributed by atoms with van der Waals surface area (Å²) < 4.78 is 18.3. The van der Waals surface area contributed by atoms with Crippen molar-refractivity contribution in [1.29, 1.82) is 0 Å². The van der Waals surface area contributed by atoms with E-state index in [4.69, 9.17) is 4.52 Å². The number of hydrogen-bond donors (Lipinski definition) is 1. The zero-order chi connectivity index (χ0) is 14.1. The molecule has 6 heteroatoms. The minimum atomic E-state index is -0.420. The van der Waals surface area contributed by atoms with E-state index in [-0.39, 0.29) is 11.9 Å². The van der Waals surface area contributed by atoms with Gasteiger partial charge in [-0.2, -0.15) is 4.98 Å². The highest BCUT2D eigenvalue weighted by Gasteiger charge is 2.32. The summed E-state index contributed by atoms with van der Waals surface area (Å²) in [5, 5.41) is 13.8. The molecule has 0 saturated carbocycles. The van der Waals surface area contributed by atoms with Gasteiger partial charge in [0.1, 0.15) is 5.82 Å². The molecule has 3 rings (SSSR count). The molecule has 1 aliphatic heterocycles. The third kappa shape index (κ3) is 2.71. The van der Waals surface area contributed by atoms with Crippen LogP contribution in [0.3, 0.4) is 0 Å². The number of aliphatic hydroxyl groups excluding tert-OH is 1. The smallest absolute Gasteiger partial charge is 0.223 e. The molecule has 106 valence electrons. The third-order valence-corrected chi connectivity index (χ3v) is 3.53. The van der Waals surface area contributed by atoms with Gasteiger partial charge in [-0.05, 0) is 24.1 Å². The maximum atomic E-state index is 13.4. The monoisotopic (exact) mass is 277 g/mol. The Hall–Kier alpha value is -1.79. The quantitative estimate of drug-likeness (QED) is 0.927. The van der Waals surface area contributed by atoms with Crippen molar-refractivity contribution in [2.75, 3.05) is 6.54 Å². The predicted octanol–water partition coefficient (Wildman–Crippen LogP) is 1.83. The van der Waals surface area contributed by atoms with Gasteiger partial charge in [-0.25, -0.2) is 4.39 Å². The van der Waals surface area contributed by atoms with E-state index in [1.165, 1.54) is 12.1 Å². The van der Waals surface area contributed by atoms with E-state index in [1.807, 2.05) is 11.0 Å². The largest absolute Gasteiger partial charge is 0.392 e. The van der Waals surface area contributed by atoms with Crippen molar-refractivity contribution < 1.29 is 14.0 Å². The maximum Gasteiger partial charge on any atom is 0.223 e. The molecule has 0 spiro atoms. The Bertz CT molecular complexity index is 602. The van der Waals surface area contributed by atoms with Crippen LogP contribution in [0.4, 0.5) is 4.39 Å². The fraction of sp³-hybridized carbons (Fsp3) is 0.429. The van der Waals surface area contributed by atoms with Crippen molar-refractivity contribution in [1.82, 2.24) is 15.0 Å². The Kier molecular flexibility index (Phi) is 3.50. The second-order valence-electron chi connectivity index (χ2n) is 5.12. The van der Waals surface area contributed by atoms with Crippen molar-refractivity contribution in [2.45, 2.75) is 32.0 Å². The highest BCUT2D eigenvalue weighted by Crippen LogP contribution is 2.33. The molecule has 1 aliphatic rings. The number of aromatic nitrogens is 2. The molecule has 20 heavy (non-hydrogen) atoms. The molecule has 1 fully saturated rings. The second kappa shape index (κ2) is 5.30. The van der Waals surface area contributed by atoms with Gasteiger partial charge in [-0.3, -0.25) is 4.90 Å². The van der Waals surface area contributed by atoms with Crippen LogP contribution in [0.15, 0.2) is 28.8 Å². The summed E-state index contributed by atoms with van der Waals surface area (Å²) in [6, 6.07) is 6.46. The summed E-state index contributed by atoms with van der Waals surface area (Å²) in [6.45, 7) is 2.74. The van der Waals surface area contributed by atoms with Crippen LogP contribution in [0.5, 0.6) is 0 Å². The number of β-amino-alcohol motifs (C(OH)–C–C–N with tert-alkyl or cyclic N) is 1. The summed E-state index contributed by atoms with van der Waals surface area (Å²) in [7, 11) is 0. The van der Waals surface area contributed by atoms with Crippen LogP contribution >= 0.6 is 0 Å². The molecule has 2 aromatic rings. The van der Waals surface area contributed by atoms with Crippen LogP contribution in [-0.2, 0) is 6.54 Å². The van der Waals surface area contributed by atoms with Crippen LogP contribution in [0.25, 0.3) is 0 Å². The lowest BCUT2D eigenvalue weighted by Gasteiger charge is -2.22. The Morgan fingerprint density at radius 1 is 1.50 bits per heavy atom. The molecule has 5 nitrogen and oxygen atoms in total. The molecule has 1 aromatic heterocycles. The minimum absolute atomic E-state index is 0.0282. The average Bonchev–Trinajstić information content (AvgIpc) is 2.96. The van der Waals surface area contributed by atoms with E-state index in [2.05, 4.69) is 10.1 Å². The van der Waals surface area contributed by atoms with Crippen LogP contribution in [0.1, 0.15) is 29.7 Å². The number of likely N-dealkylation sites (tertiary alicyclic amines) is 1. The molecule has 1 saturated heterocycles. The Labute approximate surface area is 116 Å². The molecule has 0 bridgehead atoms. The Morgan fingerprint density at radius 3 is 3.05 bits per heavy atom. The van der Waals surface area contributed by atoms with Crippen molar-refractivity contribution in [3.05, 3.63) is 47.4 Å². The second-order valence-corrected chi connectivity index (χ2v) is 5.12. The maximum absolute atomic E-state index is 13.4. The number of aliphatic hydroxyl groups is 1. The van der Waals surface area contributed by atoms with Gasteiger partial charge in [-0.1, -0.05) is 17.3 Å². The molecule has 0 aliphatic carbocycles. The molecular formula is C14H16FN3O2. The van der Waals surface area contributed by atoms with E-state index >= 15 is 0 Å². The molecular weight excluding hydrogens is 261 g/mol. The topological polar surface area (TPSA) is 62.4 Å². The number of hydrogen-bond acceptors (Lipinski definition) is 5. The van der Waals surface area contributed by atoms with Gasteiger partial charge < -0.3 is 9.63 Å². The van der Waals surface area contributed by atoms with Crippen LogP contribution in [-0.4, -0.2) is 32.8 Å². The van der Waals surface area contributed by atoms with Crippen LogP contribution in [0, 0.1) is 12.7 Å². The van der Waals surface area contributed by atoms with E-state index < -0.39 is 6.10 Å². The van der Waals surface area contributed by atoms with E-state index in [0.717, 1.165) is 5.56 Å². The lowest BCUT2D eigenvalue weighted by molar-refractivity contribution is 0.170.